The molecule has 2 aromatic rings. The summed E-state index contributed by atoms with van der Waals surface area (Å²) in [4.78, 5) is 23.5. The molecule has 39 heavy (non-hydrogen) atoms. The zero-order valence-electron chi connectivity index (χ0n) is 22.4. The van der Waals surface area contributed by atoms with E-state index in [-0.39, 0.29) is 19.1 Å². The Balaban J connectivity index is 1.33. The number of aliphatic hydroxyl groups is 2. The van der Waals surface area contributed by atoms with Gasteiger partial charge in [0.1, 0.15) is 31.0 Å². The zero-order chi connectivity index (χ0) is 27.9. The highest BCUT2D eigenvalue weighted by Crippen LogP contribution is 2.23. The van der Waals surface area contributed by atoms with Gasteiger partial charge in [-0.2, -0.15) is 0 Å². The van der Waals surface area contributed by atoms with Crippen LogP contribution in [0.2, 0.25) is 0 Å². The third-order valence-electron chi connectivity index (χ3n) is 6.30. The number of aliphatic hydroxyl groups excluding tert-OH is 2. The molecular weight excluding hydrogens is 504 g/mol. The van der Waals surface area contributed by atoms with Gasteiger partial charge in [0.05, 0.1) is 13.2 Å². The molecule has 4 N–H and O–H groups in total. The molecule has 2 aromatic carbocycles. The lowest BCUT2D eigenvalue weighted by Crippen LogP contribution is -2.64. The summed E-state index contributed by atoms with van der Waals surface area (Å²) < 4.78 is 22.7. The van der Waals surface area contributed by atoms with E-state index in [0.29, 0.717) is 19.8 Å². The fraction of sp³-hybridized carbons (Fsp3) is 0.517. The third-order valence-corrected chi connectivity index (χ3v) is 6.30. The Bertz CT molecular complexity index is 978. The van der Waals surface area contributed by atoms with Crippen molar-refractivity contribution in [1.29, 1.82) is 0 Å². The first-order chi connectivity index (χ1) is 18.9. The molecule has 10 heteroatoms. The van der Waals surface area contributed by atoms with Crippen LogP contribution in [-0.2, 0) is 37.0 Å². The summed E-state index contributed by atoms with van der Waals surface area (Å²) in [5, 5.41) is 26.6. The van der Waals surface area contributed by atoms with Crippen molar-refractivity contribution >= 4 is 12.0 Å². The second kappa shape index (κ2) is 16.8. The lowest BCUT2D eigenvalue weighted by atomic mass is 9.97. The maximum Gasteiger partial charge on any atom is 0.407 e. The number of nitrogens with one attached hydrogen (secondary N) is 2. The van der Waals surface area contributed by atoms with E-state index >= 15 is 0 Å². The van der Waals surface area contributed by atoms with Crippen molar-refractivity contribution in [3.63, 3.8) is 0 Å². The molecule has 0 spiro atoms. The molecular formula is C29H40N2O8. The summed E-state index contributed by atoms with van der Waals surface area (Å²) in [6, 6.07) is 18.2. The van der Waals surface area contributed by atoms with Crippen molar-refractivity contribution < 1.29 is 38.7 Å². The van der Waals surface area contributed by atoms with E-state index in [0.717, 1.165) is 36.8 Å². The van der Waals surface area contributed by atoms with Crippen molar-refractivity contribution in [2.24, 2.45) is 0 Å². The van der Waals surface area contributed by atoms with Crippen molar-refractivity contribution in [2.45, 2.75) is 76.5 Å². The zero-order valence-corrected chi connectivity index (χ0v) is 22.4. The van der Waals surface area contributed by atoms with Crippen LogP contribution in [0.15, 0.2) is 60.7 Å². The molecule has 5 atom stereocenters. The van der Waals surface area contributed by atoms with E-state index in [1.165, 1.54) is 6.92 Å². The molecule has 1 saturated heterocycles. The van der Waals surface area contributed by atoms with E-state index in [9.17, 15) is 19.8 Å². The molecule has 1 aliphatic heterocycles. The summed E-state index contributed by atoms with van der Waals surface area (Å²) in [5.74, 6) is -0.364. The van der Waals surface area contributed by atoms with Gasteiger partial charge in [0.2, 0.25) is 5.91 Å². The molecule has 0 unspecified atom stereocenters. The van der Waals surface area contributed by atoms with E-state index in [1.54, 1.807) is 0 Å². The maximum atomic E-state index is 11.8. The lowest BCUT2D eigenvalue weighted by molar-refractivity contribution is -0.273. The molecule has 3 rings (SSSR count). The maximum absolute atomic E-state index is 11.8. The van der Waals surface area contributed by atoms with Crippen LogP contribution in [0.1, 0.15) is 43.7 Å². The standard InChI is InChI=1S/C29H40N2O8/c1-21(32)31-25-27(34)26(33)24(20-36-18-22-12-6-4-7-13-22)39-28(25)37-17-11-3-2-10-16-30-29(35)38-19-23-14-8-5-9-15-23/h4-9,12-15,24-28,33-34H,2-3,10-11,16-20H2,1H3,(H,30,35)(H,31,32)/t24-,25-,26-,27-,28-/m1/s1. The number of unbranched alkanes of at least 4 members (excludes halogenated alkanes) is 3. The van der Waals surface area contributed by atoms with Gasteiger partial charge >= 0.3 is 6.09 Å². The molecule has 0 aliphatic carbocycles. The van der Waals surface area contributed by atoms with Gasteiger partial charge < -0.3 is 39.8 Å². The molecule has 214 valence electrons. The number of ether oxygens (including phenoxy) is 4. The molecule has 1 fully saturated rings. The van der Waals surface area contributed by atoms with Gasteiger partial charge in [-0.05, 0) is 24.0 Å². The molecule has 1 aliphatic rings. The number of rotatable bonds is 15. The summed E-state index contributed by atoms with van der Waals surface area (Å²) in [6.45, 7) is 2.81. The molecule has 0 bridgehead atoms. The average Bonchev–Trinajstić information content (AvgIpc) is 2.94. The lowest BCUT2D eigenvalue weighted by Gasteiger charge is -2.42. The minimum atomic E-state index is -1.27. The summed E-state index contributed by atoms with van der Waals surface area (Å²) in [5.41, 5.74) is 1.91. The van der Waals surface area contributed by atoms with Gasteiger partial charge in [0.25, 0.3) is 0 Å². The number of carbonyl (C=O) groups is 2. The fourth-order valence-electron chi connectivity index (χ4n) is 4.21. The molecule has 0 radical (unpaired) electrons. The first kappa shape index (κ1) is 30.5. The van der Waals surface area contributed by atoms with Crippen molar-refractivity contribution in [3.05, 3.63) is 71.8 Å². The monoisotopic (exact) mass is 544 g/mol. The highest BCUT2D eigenvalue weighted by molar-refractivity contribution is 5.73. The van der Waals surface area contributed by atoms with Crippen LogP contribution in [0.3, 0.4) is 0 Å². The van der Waals surface area contributed by atoms with Crippen molar-refractivity contribution in [2.75, 3.05) is 19.8 Å². The number of hydrogen-bond acceptors (Lipinski definition) is 8. The van der Waals surface area contributed by atoms with Gasteiger partial charge in [-0.25, -0.2) is 4.79 Å². The Kier molecular flexibility index (Phi) is 13.2. The number of alkyl carbamates (subject to hydrolysis) is 1. The van der Waals surface area contributed by atoms with Gasteiger partial charge in [-0.15, -0.1) is 0 Å². The molecule has 0 aromatic heterocycles. The molecule has 2 amide bonds. The predicted molar refractivity (Wildman–Crippen MR) is 143 cm³/mol. The van der Waals surface area contributed by atoms with Crippen LogP contribution < -0.4 is 10.6 Å². The summed E-state index contributed by atoms with van der Waals surface area (Å²) in [6.07, 6.45) is -1.46. The molecule has 0 saturated carbocycles. The largest absolute Gasteiger partial charge is 0.445 e. The van der Waals surface area contributed by atoms with Crippen LogP contribution in [0.4, 0.5) is 4.79 Å². The minimum absolute atomic E-state index is 0.0561. The second-order valence-corrected chi connectivity index (χ2v) is 9.52. The van der Waals surface area contributed by atoms with E-state index in [2.05, 4.69) is 10.6 Å². The Morgan fingerprint density at radius 2 is 1.51 bits per heavy atom. The number of benzene rings is 2. The molecule has 10 nitrogen and oxygen atoms in total. The van der Waals surface area contributed by atoms with Crippen LogP contribution >= 0.6 is 0 Å². The quantitative estimate of drug-likeness (QED) is 0.251. The van der Waals surface area contributed by atoms with Crippen LogP contribution in [0, 0.1) is 0 Å². The predicted octanol–water partition coefficient (Wildman–Crippen LogP) is 2.66. The second-order valence-electron chi connectivity index (χ2n) is 9.52. The summed E-state index contributed by atoms with van der Waals surface area (Å²) >= 11 is 0. The first-order valence-corrected chi connectivity index (χ1v) is 13.4. The van der Waals surface area contributed by atoms with E-state index < -0.39 is 36.7 Å². The topological polar surface area (TPSA) is 136 Å². The highest BCUT2D eigenvalue weighted by Gasteiger charge is 2.45. The van der Waals surface area contributed by atoms with Crippen LogP contribution in [0.25, 0.3) is 0 Å². The van der Waals surface area contributed by atoms with E-state index in [1.807, 2.05) is 60.7 Å². The first-order valence-electron chi connectivity index (χ1n) is 13.4. The number of hydrogen-bond donors (Lipinski definition) is 4. The Hall–Kier alpha value is -3.02. The summed E-state index contributed by atoms with van der Waals surface area (Å²) in [7, 11) is 0. The Labute approximate surface area is 229 Å². The number of carbonyl (C=O) groups excluding carboxylic acids is 2. The van der Waals surface area contributed by atoms with E-state index in [4.69, 9.17) is 18.9 Å². The van der Waals surface area contributed by atoms with Gasteiger partial charge in [-0.1, -0.05) is 73.5 Å². The Morgan fingerprint density at radius 1 is 0.872 bits per heavy atom. The Morgan fingerprint density at radius 3 is 2.18 bits per heavy atom. The highest BCUT2D eigenvalue weighted by atomic mass is 16.7. The van der Waals surface area contributed by atoms with Crippen LogP contribution in [-0.4, -0.2) is 72.6 Å². The third kappa shape index (κ3) is 10.9. The average molecular weight is 545 g/mol. The number of amides is 2. The van der Waals surface area contributed by atoms with Gasteiger partial charge in [0, 0.05) is 20.1 Å². The SMILES string of the molecule is CC(=O)N[C@H]1[C@H](OCCCCCCNC(=O)OCc2ccccc2)O[C@H](COCc2ccccc2)[C@@H](O)[C@@H]1O. The molecule has 1 heterocycles. The normalized spacial score (nSPS) is 22.7. The smallest absolute Gasteiger partial charge is 0.407 e. The van der Waals surface area contributed by atoms with Gasteiger partial charge in [-0.3, -0.25) is 4.79 Å². The fourth-order valence-corrected chi connectivity index (χ4v) is 4.21. The van der Waals surface area contributed by atoms with Crippen molar-refractivity contribution in [3.8, 4) is 0 Å². The van der Waals surface area contributed by atoms with Crippen LogP contribution in [0.5, 0.6) is 0 Å². The van der Waals surface area contributed by atoms with Gasteiger partial charge in [0.15, 0.2) is 6.29 Å². The van der Waals surface area contributed by atoms with Crippen molar-refractivity contribution in [1.82, 2.24) is 10.6 Å². The minimum Gasteiger partial charge on any atom is -0.445 e.